The third-order valence-electron chi connectivity index (χ3n) is 3.73. The number of benzene rings is 1. The molecule has 0 aliphatic carbocycles. The van der Waals surface area contributed by atoms with Crippen molar-refractivity contribution in [3.8, 4) is 17.3 Å². The lowest BCUT2D eigenvalue weighted by molar-refractivity contribution is 0.0967. The van der Waals surface area contributed by atoms with E-state index < -0.39 is 0 Å². The number of pyridine rings is 1. The summed E-state index contributed by atoms with van der Waals surface area (Å²) >= 11 is 7.48. The van der Waals surface area contributed by atoms with E-state index in [0.717, 1.165) is 11.2 Å². The number of hydrogen-bond donors (Lipinski definition) is 1. The van der Waals surface area contributed by atoms with Gasteiger partial charge in [0.05, 0.1) is 27.3 Å². The Morgan fingerprint density at radius 3 is 2.92 bits per heavy atom. The Morgan fingerprint density at radius 2 is 2.12 bits per heavy atom. The number of carbonyl (C=O) groups is 1. The number of rotatable bonds is 4. The van der Waals surface area contributed by atoms with Gasteiger partial charge >= 0.3 is 0 Å². The van der Waals surface area contributed by atoms with Gasteiger partial charge in [0.1, 0.15) is 11.3 Å². The molecule has 0 atom stereocenters. The second kappa shape index (κ2) is 6.78. The highest BCUT2D eigenvalue weighted by Gasteiger charge is 2.13. The standard InChI is InChI=1S/C18H13ClN4O2S/c1-20-18(24)16-8-11(10-26-16)23-14-6-7-17(22-13(14)9-21-23)25-15-5-3-2-4-12(15)19/h2-10H,1H3,(H,20,24). The number of hydrogen-bond acceptors (Lipinski definition) is 5. The van der Waals surface area contributed by atoms with Gasteiger partial charge in [-0.25, -0.2) is 9.67 Å². The highest BCUT2D eigenvalue weighted by atomic mass is 35.5. The molecule has 0 bridgehead atoms. The number of fused-ring (bicyclic) bond motifs is 1. The van der Waals surface area contributed by atoms with Gasteiger partial charge in [-0.05, 0) is 24.3 Å². The zero-order chi connectivity index (χ0) is 18.1. The molecule has 3 aromatic heterocycles. The minimum absolute atomic E-state index is 0.119. The van der Waals surface area contributed by atoms with Gasteiger partial charge in [0.15, 0.2) is 0 Å². The van der Waals surface area contributed by atoms with Crippen molar-refractivity contribution < 1.29 is 9.53 Å². The summed E-state index contributed by atoms with van der Waals surface area (Å²) in [5.74, 6) is 0.856. The molecule has 130 valence electrons. The summed E-state index contributed by atoms with van der Waals surface area (Å²) in [7, 11) is 1.61. The van der Waals surface area contributed by atoms with Gasteiger partial charge in [0, 0.05) is 18.5 Å². The molecule has 3 heterocycles. The molecule has 1 amide bonds. The normalized spacial score (nSPS) is 10.8. The quantitative estimate of drug-likeness (QED) is 0.570. The summed E-state index contributed by atoms with van der Waals surface area (Å²) in [6, 6.07) is 12.7. The number of ether oxygens (including phenoxy) is 1. The molecule has 4 rings (SSSR count). The van der Waals surface area contributed by atoms with Crippen LogP contribution in [0.3, 0.4) is 0 Å². The van der Waals surface area contributed by atoms with Crippen LogP contribution in [0.25, 0.3) is 16.7 Å². The van der Waals surface area contributed by atoms with Crippen LogP contribution in [0.4, 0.5) is 0 Å². The fourth-order valence-corrected chi connectivity index (χ4v) is 3.47. The van der Waals surface area contributed by atoms with E-state index in [4.69, 9.17) is 16.3 Å². The number of nitrogens with one attached hydrogen (secondary N) is 1. The fourth-order valence-electron chi connectivity index (χ4n) is 2.48. The predicted octanol–water partition coefficient (Wildman–Crippen LogP) is 4.29. The van der Waals surface area contributed by atoms with E-state index in [0.29, 0.717) is 27.0 Å². The molecule has 1 aromatic carbocycles. The Morgan fingerprint density at radius 1 is 1.27 bits per heavy atom. The summed E-state index contributed by atoms with van der Waals surface area (Å²) in [6.07, 6.45) is 1.66. The molecule has 0 radical (unpaired) electrons. The molecule has 0 saturated heterocycles. The number of nitrogens with zero attached hydrogens (tertiary/aromatic N) is 3. The Kier molecular flexibility index (Phi) is 4.32. The number of halogens is 1. The average molecular weight is 385 g/mol. The maximum absolute atomic E-state index is 11.7. The predicted molar refractivity (Wildman–Crippen MR) is 102 cm³/mol. The van der Waals surface area contributed by atoms with E-state index >= 15 is 0 Å². The SMILES string of the molecule is CNC(=O)c1cc(-n2ncc3nc(Oc4ccccc4Cl)ccc32)cs1. The Hall–Kier alpha value is -2.90. The first kappa shape index (κ1) is 16.6. The largest absolute Gasteiger partial charge is 0.437 e. The monoisotopic (exact) mass is 384 g/mol. The highest BCUT2D eigenvalue weighted by molar-refractivity contribution is 7.12. The Bertz CT molecular complexity index is 1110. The summed E-state index contributed by atoms with van der Waals surface area (Å²) in [4.78, 5) is 16.8. The molecule has 26 heavy (non-hydrogen) atoms. The molecule has 0 aliphatic heterocycles. The first-order valence-corrected chi connectivity index (χ1v) is 8.99. The third kappa shape index (κ3) is 3.02. The second-order valence-electron chi connectivity index (χ2n) is 5.39. The first-order chi connectivity index (χ1) is 12.7. The van der Waals surface area contributed by atoms with Crippen molar-refractivity contribution in [1.29, 1.82) is 0 Å². The lowest BCUT2D eigenvalue weighted by Gasteiger charge is -2.06. The van der Waals surface area contributed by atoms with Gasteiger partial charge in [-0.3, -0.25) is 4.79 Å². The lowest BCUT2D eigenvalue weighted by atomic mass is 10.3. The fraction of sp³-hybridized carbons (Fsp3) is 0.0556. The number of para-hydroxylation sites is 1. The van der Waals surface area contributed by atoms with Crippen molar-refractivity contribution in [3.05, 3.63) is 63.9 Å². The van der Waals surface area contributed by atoms with Crippen LogP contribution in [0.5, 0.6) is 11.6 Å². The summed E-state index contributed by atoms with van der Waals surface area (Å²) < 4.78 is 7.49. The molecular weight excluding hydrogens is 372 g/mol. The molecule has 0 aliphatic rings. The maximum Gasteiger partial charge on any atom is 0.261 e. The molecular formula is C18H13ClN4O2S. The second-order valence-corrected chi connectivity index (χ2v) is 6.71. The Balaban J connectivity index is 1.66. The number of amides is 1. The van der Waals surface area contributed by atoms with Crippen molar-refractivity contribution in [2.24, 2.45) is 0 Å². The first-order valence-electron chi connectivity index (χ1n) is 7.74. The van der Waals surface area contributed by atoms with E-state index in [1.807, 2.05) is 23.6 Å². The van der Waals surface area contributed by atoms with Gasteiger partial charge in [0.2, 0.25) is 5.88 Å². The van der Waals surface area contributed by atoms with E-state index in [-0.39, 0.29) is 5.91 Å². The minimum atomic E-state index is -0.119. The zero-order valence-corrected chi connectivity index (χ0v) is 15.2. The molecule has 6 nitrogen and oxygen atoms in total. The molecule has 0 spiro atoms. The topological polar surface area (TPSA) is 69.0 Å². The summed E-state index contributed by atoms with van der Waals surface area (Å²) in [5, 5.41) is 9.39. The molecule has 8 heteroatoms. The number of aromatic nitrogens is 3. The van der Waals surface area contributed by atoms with Crippen LogP contribution >= 0.6 is 22.9 Å². The minimum Gasteiger partial charge on any atom is -0.437 e. The summed E-state index contributed by atoms with van der Waals surface area (Å²) in [6.45, 7) is 0. The smallest absolute Gasteiger partial charge is 0.261 e. The molecule has 0 saturated carbocycles. The van der Waals surface area contributed by atoms with Crippen molar-refractivity contribution >= 4 is 39.9 Å². The van der Waals surface area contributed by atoms with Gasteiger partial charge in [-0.15, -0.1) is 11.3 Å². The van der Waals surface area contributed by atoms with Crippen molar-refractivity contribution in [3.63, 3.8) is 0 Å². The van der Waals surface area contributed by atoms with E-state index in [1.54, 1.807) is 42.2 Å². The maximum atomic E-state index is 11.7. The summed E-state index contributed by atoms with van der Waals surface area (Å²) in [5.41, 5.74) is 2.31. The van der Waals surface area contributed by atoms with E-state index in [9.17, 15) is 4.79 Å². The number of thiophene rings is 1. The van der Waals surface area contributed by atoms with Crippen LogP contribution in [-0.2, 0) is 0 Å². The zero-order valence-electron chi connectivity index (χ0n) is 13.6. The molecule has 1 N–H and O–H groups in total. The van der Waals surface area contributed by atoms with Gasteiger partial charge in [0.25, 0.3) is 5.91 Å². The van der Waals surface area contributed by atoms with E-state index in [2.05, 4.69) is 15.4 Å². The number of carbonyl (C=O) groups excluding carboxylic acids is 1. The van der Waals surface area contributed by atoms with Crippen LogP contribution in [-0.4, -0.2) is 27.7 Å². The lowest BCUT2D eigenvalue weighted by Crippen LogP contribution is -2.16. The molecule has 4 aromatic rings. The molecule has 0 unspecified atom stereocenters. The van der Waals surface area contributed by atoms with Crippen LogP contribution in [0.15, 0.2) is 54.0 Å². The van der Waals surface area contributed by atoms with Crippen LogP contribution in [0.2, 0.25) is 5.02 Å². The van der Waals surface area contributed by atoms with Gasteiger partial charge in [-0.1, -0.05) is 23.7 Å². The van der Waals surface area contributed by atoms with Gasteiger partial charge < -0.3 is 10.1 Å². The highest BCUT2D eigenvalue weighted by Crippen LogP contribution is 2.29. The van der Waals surface area contributed by atoms with Crippen LogP contribution in [0, 0.1) is 0 Å². The third-order valence-corrected chi connectivity index (χ3v) is 4.96. The molecule has 0 fully saturated rings. The van der Waals surface area contributed by atoms with Gasteiger partial charge in [-0.2, -0.15) is 5.10 Å². The van der Waals surface area contributed by atoms with E-state index in [1.165, 1.54) is 11.3 Å². The van der Waals surface area contributed by atoms with Crippen molar-refractivity contribution in [1.82, 2.24) is 20.1 Å². The van der Waals surface area contributed by atoms with Crippen LogP contribution < -0.4 is 10.1 Å². The van der Waals surface area contributed by atoms with Crippen molar-refractivity contribution in [2.75, 3.05) is 7.05 Å². The van der Waals surface area contributed by atoms with Crippen molar-refractivity contribution in [2.45, 2.75) is 0 Å². The average Bonchev–Trinajstić information content (AvgIpc) is 3.29. The van der Waals surface area contributed by atoms with Crippen LogP contribution in [0.1, 0.15) is 9.67 Å². The Labute approximate surface area is 158 Å².